The van der Waals surface area contributed by atoms with Crippen LogP contribution < -0.4 is 4.57 Å². The molecule has 48 heavy (non-hydrogen) atoms. The average Bonchev–Trinajstić information content (AvgIpc) is 3.62. The Kier molecular flexibility index (Phi) is 5.62. The highest BCUT2D eigenvalue weighted by Gasteiger charge is 2.45. The molecule has 5 aromatic carbocycles. The summed E-state index contributed by atoms with van der Waals surface area (Å²) in [5.41, 5.74) is 18.4. The third kappa shape index (κ3) is 3.50. The molecule has 4 nitrogen and oxygen atoms in total. The third-order valence-electron chi connectivity index (χ3n) is 11.1. The van der Waals surface area contributed by atoms with E-state index >= 15 is 0 Å². The maximum absolute atomic E-state index is 6.74. The van der Waals surface area contributed by atoms with Gasteiger partial charge in [-0.1, -0.05) is 98.8 Å². The number of rotatable bonds is 3. The minimum Gasteiger partial charge on any atom is -0.437 e. The number of hydrogen-bond acceptors (Lipinski definition) is 2. The number of benzene rings is 5. The van der Waals surface area contributed by atoms with E-state index < -0.39 is 0 Å². The first-order valence-electron chi connectivity index (χ1n) is 17.1. The van der Waals surface area contributed by atoms with Gasteiger partial charge in [0.05, 0.1) is 7.05 Å². The fraction of sp³-hybridized carbons (Fsp3) is 0.182. The number of pyridine rings is 1. The highest BCUT2D eigenvalue weighted by atomic mass is 16.3. The lowest BCUT2D eigenvalue weighted by atomic mass is 9.61. The molecule has 3 aliphatic rings. The van der Waals surface area contributed by atoms with Gasteiger partial charge in [0.15, 0.2) is 16.6 Å². The largest absolute Gasteiger partial charge is 0.437 e. The van der Waals surface area contributed by atoms with Crippen LogP contribution in [0.3, 0.4) is 0 Å². The van der Waals surface area contributed by atoms with Crippen LogP contribution in [-0.4, -0.2) is 9.55 Å². The van der Waals surface area contributed by atoms with Crippen molar-refractivity contribution in [3.05, 3.63) is 159 Å². The lowest BCUT2D eigenvalue weighted by Crippen LogP contribution is -2.31. The number of aryl methyl sites for hydroxylation is 3. The van der Waals surface area contributed by atoms with Crippen molar-refractivity contribution in [1.29, 1.82) is 0 Å². The molecule has 0 atom stereocenters. The second-order valence-electron chi connectivity index (χ2n) is 14.0. The summed E-state index contributed by atoms with van der Waals surface area (Å²) in [4.78, 5) is 4.81. The normalized spacial score (nSPS) is 16.2. The smallest absolute Gasteiger partial charge is 0.299 e. The lowest BCUT2D eigenvalue weighted by molar-refractivity contribution is -0.633. The quantitative estimate of drug-likeness (QED) is 0.184. The van der Waals surface area contributed by atoms with Crippen molar-refractivity contribution in [2.75, 3.05) is 0 Å². The summed E-state index contributed by atoms with van der Waals surface area (Å²) < 4.78 is 11.7. The van der Waals surface area contributed by atoms with E-state index in [0.717, 1.165) is 33.4 Å². The third-order valence-corrected chi connectivity index (χ3v) is 11.1. The Bertz CT molecular complexity index is 2610. The standard InChI is InChI=1S/C44H36N3O/c1-24(2)27-12-10-11-17-35(27)47-41-36(46(5)44(47)37-25(3)18-20-32-33-21-19-26(4)45-43(33)48-42(32)37)23-22-34-38-28-13-6-8-15-30(28)39(40(34)41)31-16-9-7-14-29(31)38/h6-24,38-39H,1-5H3/q+1. The molecule has 0 N–H and O–H groups in total. The van der Waals surface area contributed by atoms with E-state index in [2.05, 4.69) is 146 Å². The molecule has 3 aromatic heterocycles. The van der Waals surface area contributed by atoms with Gasteiger partial charge in [0.2, 0.25) is 5.71 Å². The van der Waals surface area contributed by atoms with Crippen molar-refractivity contribution in [3.63, 3.8) is 0 Å². The number of para-hydroxylation sites is 1. The molecular weight excluding hydrogens is 587 g/mol. The summed E-state index contributed by atoms with van der Waals surface area (Å²) in [7, 11) is 2.23. The molecule has 2 bridgehead atoms. The molecule has 232 valence electrons. The summed E-state index contributed by atoms with van der Waals surface area (Å²) in [5.74, 6) is 1.80. The van der Waals surface area contributed by atoms with Gasteiger partial charge in [-0.3, -0.25) is 0 Å². The minimum absolute atomic E-state index is 0.143. The number of hydrogen-bond donors (Lipinski definition) is 0. The van der Waals surface area contributed by atoms with Crippen LogP contribution in [0, 0.1) is 13.8 Å². The highest BCUT2D eigenvalue weighted by Crippen LogP contribution is 2.57. The predicted molar refractivity (Wildman–Crippen MR) is 193 cm³/mol. The summed E-state index contributed by atoms with van der Waals surface area (Å²) in [6.45, 7) is 8.83. The van der Waals surface area contributed by atoms with Crippen molar-refractivity contribution >= 4 is 33.1 Å². The van der Waals surface area contributed by atoms with E-state index in [4.69, 9.17) is 9.40 Å². The molecule has 0 amide bonds. The Balaban J connectivity index is 1.40. The van der Waals surface area contributed by atoms with Gasteiger partial charge in [-0.2, -0.15) is 4.57 Å². The number of imidazole rings is 1. The van der Waals surface area contributed by atoms with E-state index in [1.807, 2.05) is 6.92 Å². The fourth-order valence-corrected chi connectivity index (χ4v) is 8.98. The molecule has 3 heterocycles. The average molecular weight is 623 g/mol. The maximum Gasteiger partial charge on any atom is 0.299 e. The van der Waals surface area contributed by atoms with Crippen LogP contribution in [0.5, 0.6) is 0 Å². The summed E-state index contributed by atoms with van der Waals surface area (Å²) >= 11 is 0. The summed E-state index contributed by atoms with van der Waals surface area (Å²) in [5, 5.41) is 2.14. The van der Waals surface area contributed by atoms with Gasteiger partial charge in [0.1, 0.15) is 11.3 Å². The minimum atomic E-state index is 0.143. The van der Waals surface area contributed by atoms with Gasteiger partial charge in [-0.05, 0) is 77.4 Å². The van der Waals surface area contributed by atoms with E-state index in [1.165, 1.54) is 61.2 Å². The molecule has 0 unspecified atom stereocenters. The first-order chi connectivity index (χ1) is 23.4. The van der Waals surface area contributed by atoms with E-state index in [0.29, 0.717) is 11.6 Å². The van der Waals surface area contributed by atoms with Gasteiger partial charge in [0.25, 0.3) is 5.82 Å². The first-order valence-corrected chi connectivity index (χ1v) is 17.1. The van der Waals surface area contributed by atoms with Crippen LogP contribution in [0.4, 0.5) is 0 Å². The monoisotopic (exact) mass is 622 g/mol. The van der Waals surface area contributed by atoms with E-state index in [9.17, 15) is 0 Å². The fourth-order valence-electron chi connectivity index (χ4n) is 8.98. The Morgan fingerprint density at radius 1 is 0.688 bits per heavy atom. The second-order valence-corrected chi connectivity index (χ2v) is 14.0. The van der Waals surface area contributed by atoms with Gasteiger partial charge < -0.3 is 4.42 Å². The van der Waals surface area contributed by atoms with Crippen molar-refractivity contribution < 1.29 is 8.98 Å². The van der Waals surface area contributed by atoms with E-state index in [1.54, 1.807) is 0 Å². The van der Waals surface area contributed by atoms with Crippen molar-refractivity contribution in [1.82, 2.24) is 9.55 Å². The first kappa shape index (κ1) is 27.6. The Morgan fingerprint density at radius 2 is 1.33 bits per heavy atom. The van der Waals surface area contributed by atoms with Gasteiger partial charge >= 0.3 is 0 Å². The van der Waals surface area contributed by atoms with Gasteiger partial charge in [-0.25, -0.2) is 9.55 Å². The summed E-state index contributed by atoms with van der Waals surface area (Å²) in [6, 6.07) is 40.6. The number of furan rings is 1. The molecule has 0 saturated carbocycles. The van der Waals surface area contributed by atoms with Crippen LogP contribution in [0.15, 0.2) is 114 Å². The Labute approximate surface area is 279 Å². The molecule has 0 radical (unpaired) electrons. The van der Waals surface area contributed by atoms with E-state index in [-0.39, 0.29) is 11.8 Å². The zero-order valence-electron chi connectivity index (χ0n) is 27.9. The van der Waals surface area contributed by atoms with Crippen LogP contribution in [0.2, 0.25) is 0 Å². The molecule has 0 spiro atoms. The zero-order chi connectivity index (χ0) is 32.4. The molecule has 0 saturated heterocycles. The topological polar surface area (TPSA) is 34.8 Å². The van der Waals surface area contributed by atoms with Crippen LogP contribution >= 0.6 is 0 Å². The lowest BCUT2D eigenvalue weighted by Gasteiger charge is -2.41. The van der Waals surface area contributed by atoms with Gasteiger partial charge in [0, 0.05) is 39.4 Å². The highest BCUT2D eigenvalue weighted by molar-refractivity contribution is 6.09. The van der Waals surface area contributed by atoms with Crippen LogP contribution in [-0.2, 0) is 7.05 Å². The number of nitrogens with zero attached hydrogens (tertiary/aromatic N) is 3. The van der Waals surface area contributed by atoms with Crippen LogP contribution in [0.25, 0.3) is 50.2 Å². The molecule has 11 rings (SSSR count). The number of fused-ring (bicyclic) bond motifs is 4. The maximum atomic E-state index is 6.74. The second kappa shape index (κ2) is 9.77. The summed E-state index contributed by atoms with van der Waals surface area (Å²) in [6.07, 6.45) is 0. The number of aromatic nitrogens is 3. The molecule has 3 aliphatic carbocycles. The molecule has 0 aliphatic heterocycles. The SMILES string of the molecule is Cc1ccc2c(n1)oc1c(-c3n(-c4ccccc4C(C)C)c4c5c(ccc4[n+]3C)C3c4ccccc4C5c4ccccc43)c(C)ccc12. The van der Waals surface area contributed by atoms with Crippen LogP contribution in [0.1, 0.15) is 81.8 Å². The molecule has 8 aromatic rings. The van der Waals surface area contributed by atoms with Crippen molar-refractivity contribution in [2.24, 2.45) is 7.05 Å². The zero-order valence-corrected chi connectivity index (χ0v) is 27.9. The molecule has 0 fully saturated rings. The Hall–Kier alpha value is -5.48. The van der Waals surface area contributed by atoms with Gasteiger partial charge in [-0.15, -0.1) is 0 Å². The van der Waals surface area contributed by atoms with Crippen molar-refractivity contribution in [3.8, 4) is 17.1 Å². The predicted octanol–water partition coefficient (Wildman–Crippen LogP) is 10.1. The van der Waals surface area contributed by atoms with Crippen molar-refractivity contribution in [2.45, 2.75) is 45.4 Å². The molecular formula is C44H36N3O+. The Morgan fingerprint density at radius 3 is 2.04 bits per heavy atom. The molecule has 4 heteroatoms.